The molecule has 0 aliphatic rings. The quantitative estimate of drug-likeness (QED) is 0.693. The Kier molecular flexibility index (Phi) is 8.69. The first-order valence-corrected chi connectivity index (χ1v) is 8.69. The van der Waals surface area contributed by atoms with Gasteiger partial charge in [-0.1, -0.05) is 12.1 Å². The van der Waals surface area contributed by atoms with E-state index in [-0.39, 0.29) is 5.75 Å². The summed E-state index contributed by atoms with van der Waals surface area (Å²) >= 11 is 1.87. The monoisotopic (exact) mass is 317 g/mol. The van der Waals surface area contributed by atoms with Crippen LogP contribution in [0.2, 0.25) is 0 Å². The maximum Gasteiger partial charge on any atom is 0.387 e. The molecule has 2 nitrogen and oxygen atoms in total. The maximum atomic E-state index is 12.1. The molecule has 1 N–H and O–H groups in total. The third-order valence-electron chi connectivity index (χ3n) is 3.34. The second-order valence-electron chi connectivity index (χ2n) is 5.31. The molecule has 0 fully saturated rings. The average molecular weight is 317 g/mol. The van der Waals surface area contributed by atoms with Crippen LogP contribution >= 0.6 is 11.8 Å². The molecule has 120 valence electrons. The zero-order valence-electron chi connectivity index (χ0n) is 12.9. The SMILES string of the molecule is CSCCC(C)NC(C)CCc1ccc(OC(F)F)cc1. The van der Waals surface area contributed by atoms with Crippen LogP contribution in [0.4, 0.5) is 8.78 Å². The standard InChI is InChI=1S/C16H25F2NOS/c1-12(19-13(2)10-11-21-3)4-5-14-6-8-15(9-7-14)20-16(17)18/h6-9,12-13,16,19H,4-5,10-11H2,1-3H3. The zero-order valence-corrected chi connectivity index (χ0v) is 13.8. The average Bonchev–Trinajstić information content (AvgIpc) is 2.44. The number of aryl methyl sites for hydroxylation is 1. The lowest BCUT2D eigenvalue weighted by Gasteiger charge is -2.19. The minimum absolute atomic E-state index is 0.214. The molecule has 0 radical (unpaired) electrons. The largest absolute Gasteiger partial charge is 0.435 e. The molecule has 2 atom stereocenters. The van der Waals surface area contributed by atoms with Crippen LogP contribution in [-0.4, -0.2) is 30.7 Å². The number of hydrogen-bond acceptors (Lipinski definition) is 3. The van der Waals surface area contributed by atoms with E-state index in [0.29, 0.717) is 12.1 Å². The summed E-state index contributed by atoms with van der Waals surface area (Å²) in [6.45, 7) is 1.63. The predicted molar refractivity (Wildman–Crippen MR) is 86.5 cm³/mol. The van der Waals surface area contributed by atoms with Gasteiger partial charge in [-0.3, -0.25) is 0 Å². The van der Waals surface area contributed by atoms with Gasteiger partial charge in [-0.25, -0.2) is 0 Å². The number of hydrogen-bond donors (Lipinski definition) is 1. The Hall–Kier alpha value is -0.810. The Bertz CT molecular complexity index is 386. The van der Waals surface area contributed by atoms with E-state index in [1.54, 1.807) is 12.1 Å². The molecule has 2 unspecified atom stereocenters. The lowest BCUT2D eigenvalue weighted by atomic mass is 10.1. The highest BCUT2D eigenvalue weighted by atomic mass is 32.2. The van der Waals surface area contributed by atoms with Gasteiger partial charge in [0.1, 0.15) is 5.75 Å². The van der Waals surface area contributed by atoms with Crippen LogP contribution in [0.25, 0.3) is 0 Å². The fourth-order valence-electron chi connectivity index (χ4n) is 2.17. The molecule has 1 aromatic carbocycles. The van der Waals surface area contributed by atoms with Gasteiger partial charge in [0, 0.05) is 12.1 Å². The Balaban J connectivity index is 2.30. The highest BCUT2D eigenvalue weighted by Crippen LogP contribution is 2.16. The minimum Gasteiger partial charge on any atom is -0.435 e. The van der Waals surface area contributed by atoms with Crippen molar-refractivity contribution in [1.29, 1.82) is 0 Å². The van der Waals surface area contributed by atoms with Crippen LogP contribution < -0.4 is 10.1 Å². The first kappa shape index (κ1) is 18.2. The van der Waals surface area contributed by atoms with E-state index in [1.165, 1.54) is 12.2 Å². The third kappa shape index (κ3) is 8.27. The molecule has 0 aliphatic heterocycles. The van der Waals surface area contributed by atoms with Crippen LogP contribution in [0.5, 0.6) is 5.75 Å². The Morgan fingerprint density at radius 2 is 1.71 bits per heavy atom. The maximum absolute atomic E-state index is 12.1. The number of ether oxygens (including phenoxy) is 1. The molecule has 0 bridgehead atoms. The molecule has 0 saturated carbocycles. The lowest BCUT2D eigenvalue weighted by molar-refractivity contribution is -0.0498. The van der Waals surface area contributed by atoms with Gasteiger partial charge in [-0.05, 0) is 62.8 Å². The van der Waals surface area contributed by atoms with Crippen molar-refractivity contribution in [2.75, 3.05) is 12.0 Å². The van der Waals surface area contributed by atoms with Crippen molar-refractivity contribution in [3.05, 3.63) is 29.8 Å². The number of alkyl halides is 2. The fourth-order valence-corrected chi connectivity index (χ4v) is 2.76. The van der Waals surface area contributed by atoms with Gasteiger partial charge in [0.15, 0.2) is 0 Å². The van der Waals surface area contributed by atoms with Crippen molar-refractivity contribution in [1.82, 2.24) is 5.32 Å². The van der Waals surface area contributed by atoms with E-state index in [1.807, 2.05) is 23.9 Å². The van der Waals surface area contributed by atoms with Gasteiger partial charge < -0.3 is 10.1 Å². The fraction of sp³-hybridized carbons (Fsp3) is 0.625. The molecular weight excluding hydrogens is 292 g/mol. The molecule has 0 aromatic heterocycles. The summed E-state index contributed by atoms with van der Waals surface area (Å²) in [5.41, 5.74) is 1.14. The Morgan fingerprint density at radius 3 is 2.29 bits per heavy atom. The Labute approximate surface area is 130 Å². The van der Waals surface area contributed by atoms with E-state index in [9.17, 15) is 8.78 Å². The predicted octanol–water partition coefficient (Wildman–Crippen LogP) is 4.34. The smallest absolute Gasteiger partial charge is 0.387 e. The topological polar surface area (TPSA) is 21.3 Å². The van der Waals surface area contributed by atoms with Crippen LogP contribution in [0, 0.1) is 0 Å². The van der Waals surface area contributed by atoms with Crippen molar-refractivity contribution in [3.8, 4) is 5.75 Å². The van der Waals surface area contributed by atoms with E-state index in [4.69, 9.17) is 0 Å². The summed E-state index contributed by atoms with van der Waals surface area (Å²) in [6, 6.07) is 7.86. The molecule has 5 heteroatoms. The van der Waals surface area contributed by atoms with Crippen LogP contribution in [0.1, 0.15) is 32.3 Å². The van der Waals surface area contributed by atoms with Crippen molar-refractivity contribution in [3.63, 3.8) is 0 Å². The van der Waals surface area contributed by atoms with E-state index < -0.39 is 6.61 Å². The number of benzene rings is 1. The lowest BCUT2D eigenvalue weighted by Crippen LogP contribution is -2.35. The highest BCUT2D eigenvalue weighted by molar-refractivity contribution is 7.98. The summed E-state index contributed by atoms with van der Waals surface area (Å²) in [5.74, 6) is 1.39. The van der Waals surface area contributed by atoms with Gasteiger partial charge in [-0.2, -0.15) is 20.5 Å². The summed E-state index contributed by atoms with van der Waals surface area (Å²) in [4.78, 5) is 0. The second-order valence-corrected chi connectivity index (χ2v) is 6.30. The van der Waals surface area contributed by atoms with Crippen molar-refractivity contribution >= 4 is 11.8 Å². The van der Waals surface area contributed by atoms with Gasteiger partial charge in [0.2, 0.25) is 0 Å². The molecule has 0 aliphatic carbocycles. The van der Waals surface area contributed by atoms with Crippen molar-refractivity contribution in [2.45, 2.75) is 51.8 Å². The molecule has 0 amide bonds. The third-order valence-corrected chi connectivity index (χ3v) is 3.98. The molecule has 21 heavy (non-hydrogen) atoms. The minimum atomic E-state index is -2.76. The van der Waals surface area contributed by atoms with Gasteiger partial charge in [0.25, 0.3) is 0 Å². The summed E-state index contributed by atoms with van der Waals surface area (Å²) < 4.78 is 28.4. The molecule has 0 spiro atoms. The molecular formula is C16H25F2NOS. The van der Waals surface area contributed by atoms with Crippen LogP contribution in [0.3, 0.4) is 0 Å². The van der Waals surface area contributed by atoms with Crippen molar-refractivity contribution in [2.24, 2.45) is 0 Å². The number of rotatable bonds is 10. The summed E-state index contributed by atoms with van der Waals surface area (Å²) in [6.07, 6.45) is 5.25. The molecule has 1 rings (SSSR count). The van der Waals surface area contributed by atoms with Gasteiger partial charge >= 0.3 is 6.61 Å². The second kappa shape index (κ2) is 10.0. The van der Waals surface area contributed by atoms with Crippen LogP contribution in [-0.2, 0) is 6.42 Å². The number of halogens is 2. The van der Waals surface area contributed by atoms with Crippen molar-refractivity contribution < 1.29 is 13.5 Å². The van der Waals surface area contributed by atoms with E-state index in [0.717, 1.165) is 18.4 Å². The molecule has 0 saturated heterocycles. The van der Waals surface area contributed by atoms with E-state index >= 15 is 0 Å². The summed E-state index contributed by atoms with van der Waals surface area (Å²) in [7, 11) is 0. The highest BCUT2D eigenvalue weighted by Gasteiger charge is 2.08. The number of thioether (sulfide) groups is 1. The zero-order chi connectivity index (χ0) is 15.7. The first-order valence-electron chi connectivity index (χ1n) is 7.30. The first-order chi connectivity index (χ1) is 10.0. The summed E-state index contributed by atoms with van der Waals surface area (Å²) in [5, 5.41) is 3.59. The van der Waals surface area contributed by atoms with E-state index in [2.05, 4.69) is 30.2 Å². The number of nitrogens with one attached hydrogen (secondary N) is 1. The molecule has 0 heterocycles. The van der Waals surface area contributed by atoms with Gasteiger partial charge in [-0.15, -0.1) is 0 Å². The Morgan fingerprint density at radius 1 is 1.10 bits per heavy atom. The normalized spacial score (nSPS) is 14.2. The van der Waals surface area contributed by atoms with Gasteiger partial charge in [0.05, 0.1) is 0 Å². The van der Waals surface area contributed by atoms with Crippen LogP contribution in [0.15, 0.2) is 24.3 Å². The molecule has 1 aromatic rings.